The van der Waals surface area contributed by atoms with Gasteiger partial charge in [0.2, 0.25) is 0 Å². The molecule has 2 atom stereocenters. The Hall–Kier alpha value is -5.78. The molecule has 372 valence electrons. The van der Waals surface area contributed by atoms with Crippen molar-refractivity contribution >= 4 is 87.0 Å². The first-order valence-electron chi connectivity index (χ1n) is 27.6. The molecule has 4 heterocycles. The Kier molecular flexibility index (Phi) is 10.3. The highest BCUT2D eigenvalue weighted by Gasteiger charge is 2.59. The molecule has 3 nitrogen and oxygen atoms in total. The highest BCUT2D eigenvalue weighted by Crippen LogP contribution is 2.62. The maximum Gasteiger partial charge on any atom is 0.251 e. The molecule has 0 spiro atoms. The molecule has 73 heavy (non-hydrogen) atoms. The summed E-state index contributed by atoms with van der Waals surface area (Å²) in [4.78, 5) is 8.29. The lowest BCUT2D eigenvalue weighted by Gasteiger charge is -2.52. The summed E-state index contributed by atoms with van der Waals surface area (Å²) in [7, 11) is -2.36. The molecule has 0 saturated heterocycles. The molecule has 5 aliphatic rings. The quantitative estimate of drug-likeness (QED) is 0.163. The first-order valence-corrected chi connectivity index (χ1v) is 30.6. The monoisotopic (exact) mass is 976 g/mol. The topological polar surface area (TPSA) is 9.72 Å². The lowest BCUT2D eigenvalue weighted by atomic mass is 9.33. The fourth-order valence-electron chi connectivity index (χ4n) is 14.1. The number of nitrogens with zero attached hydrogens (tertiary/aromatic N) is 3. The highest BCUT2D eigenvalue weighted by molar-refractivity contribution is 7.16. The molecule has 5 heteroatoms. The van der Waals surface area contributed by atoms with E-state index in [1.54, 1.807) is 10.4 Å². The van der Waals surface area contributed by atoms with E-state index in [9.17, 15) is 0 Å². The van der Waals surface area contributed by atoms with E-state index in [1.807, 2.05) is 0 Å². The molecule has 1 saturated carbocycles. The van der Waals surface area contributed by atoms with Crippen molar-refractivity contribution in [2.24, 2.45) is 0 Å². The van der Waals surface area contributed by atoms with Crippen molar-refractivity contribution in [2.75, 3.05) is 14.7 Å². The minimum atomic E-state index is -2.36. The van der Waals surface area contributed by atoms with Crippen molar-refractivity contribution in [2.45, 2.75) is 168 Å². The van der Waals surface area contributed by atoms with E-state index in [0.717, 1.165) is 6.42 Å². The van der Waals surface area contributed by atoms with Gasteiger partial charge in [-0.05, 0) is 157 Å². The fraction of sp³-hybridized carbons (Fsp3) is 0.382. The Morgan fingerprint density at radius 2 is 0.877 bits per heavy atom. The zero-order chi connectivity index (χ0) is 51.7. The van der Waals surface area contributed by atoms with Gasteiger partial charge in [0.1, 0.15) is 8.07 Å². The molecule has 7 aromatic rings. The summed E-state index contributed by atoms with van der Waals surface area (Å²) in [5.41, 5.74) is 24.3. The number of hydrogen-bond acceptors (Lipinski definition) is 3. The van der Waals surface area contributed by atoms with Crippen molar-refractivity contribution in [3.05, 3.63) is 161 Å². The Morgan fingerprint density at radius 3 is 1.34 bits per heavy atom. The van der Waals surface area contributed by atoms with Crippen LogP contribution in [0.2, 0.25) is 13.1 Å². The number of benzene rings is 7. The van der Waals surface area contributed by atoms with Gasteiger partial charge in [-0.15, -0.1) is 0 Å². The van der Waals surface area contributed by atoms with Crippen molar-refractivity contribution in [3.63, 3.8) is 0 Å². The van der Waals surface area contributed by atoms with Crippen LogP contribution in [-0.4, -0.2) is 20.3 Å². The van der Waals surface area contributed by atoms with Gasteiger partial charge >= 0.3 is 0 Å². The lowest BCUT2D eigenvalue weighted by Crippen LogP contribution is -2.79. The number of hydrogen-bond donors (Lipinski definition) is 0. The average molecular weight is 976 g/mol. The van der Waals surface area contributed by atoms with Crippen LogP contribution in [0.4, 0.5) is 45.5 Å². The van der Waals surface area contributed by atoms with Crippen LogP contribution in [0.3, 0.4) is 0 Å². The fourth-order valence-corrected chi connectivity index (χ4v) is 17.3. The van der Waals surface area contributed by atoms with Crippen molar-refractivity contribution in [3.8, 4) is 11.1 Å². The van der Waals surface area contributed by atoms with Gasteiger partial charge in [0.05, 0.1) is 5.54 Å². The van der Waals surface area contributed by atoms with Gasteiger partial charge in [0.15, 0.2) is 0 Å². The SMILES string of the molecule is CC(C)(C)c1ccc(N2c3cc(N4c5ccc(-c6ccccc6)cc5C5(C)CCCCC45C)cc4c3B3c5c2cc(C(C)(C)C)cc5[Si](C)(C)c2cc(C(C)(C)C)cc(c23)N4c2ccc(C(C)(C)C)cc2)cc1. The summed E-state index contributed by atoms with van der Waals surface area (Å²) < 4.78 is 0. The van der Waals surface area contributed by atoms with E-state index in [4.69, 9.17) is 0 Å². The van der Waals surface area contributed by atoms with Crippen LogP contribution < -0.4 is 41.5 Å². The van der Waals surface area contributed by atoms with E-state index in [1.165, 1.54) is 120 Å². The third kappa shape index (κ3) is 7.02. The lowest BCUT2D eigenvalue weighted by molar-refractivity contribution is 0.195. The van der Waals surface area contributed by atoms with Gasteiger partial charge in [-0.2, -0.15) is 0 Å². The minimum Gasteiger partial charge on any atom is -0.334 e. The maximum absolute atomic E-state index is 2.84. The zero-order valence-electron chi connectivity index (χ0n) is 46.9. The molecule has 12 rings (SSSR count). The first-order chi connectivity index (χ1) is 34.2. The second-order valence-electron chi connectivity index (χ2n) is 27.9. The van der Waals surface area contributed by atoms with E-state index in [0.29, 0.717) is 0 Å². The summed E-state index contributed by atoms with van der Waals surface area (Å²) in [5.74, 6) is 0. The van der Waals surface area contributed by atoms with Crippen LogP contribution in [0, 0.1) is 0 Å². The highest BCUT2D eigenvalue weighted by atomic mass is 28.3. The summed E-state index contributed by atoms with van der Waals surface area (Å²) in [6, 6.07) is 53.6. The molecule has 1 aliphatic carbocycles. The molecular formula is C68H78BN3Si. The van der Waals surface area contributed by atoms with Crippen LogP contribution in [0.25, 0.3) is 11.1 Å². The molecule has 0 radical (unpaired) electrons. The van der Waals surface area contributed by atoms with Crippen LogP contribution in [0.15, 0.2) is 133 Å². The van der Waals surface area contributed by atoms with E-state index in [2.05, 4.69) is 258 Å². The second kappa shape index (κ2) is 15.6. The molecule has 0 bridgehead atoms. The van der Waals surface area contributed by atoms with Crippen LogP contribution in [-0.2, 0) is 27.1 Å². The molecule has 0 N–H and O–H groups in total. The summed E-state index contributed by atoms with van der Waals surface area (Å²) in [6.45, 7) is 39.1. The summed E-state index contributed by atoms with van der Waals surface area (Å²) >= 11 is 0. The predicted molar refractivity (Wildman–Crippen MR) is 320 cm³/mol. The van der Waals surface area contributed by atoms with Crippen LogP contribution in [0.1, 0.15) is 150 Å². The molecular weight excluding hydrogens is 898 g/mol. The average Bonchev–Trinajstić information content (AvgIpc) is 3.54. The minimum absolute atomic E-state index is 0.0339. The van der Waals surface area contributed by atoms with Crippen LogP contribution >= 0.6 is 0 Å². The second-order valence-corrected chi connectivity index (χ2v) is 32.2. The molecule has 0 aromatic heterocycles. The normalized spacial score (nSPS) is 20.5. The predicted octanol–water partition coefficient (Wildman–Crippen LogP) is 15.5. The maximum atomic E-state index is 2.84. The Morgan fingerprint density at radius 1 is 0.425 bits per heavy atom. The summed E-state index contributed by atoms with van der Waals surface area (Å²) in [6.07, 6.45) is 4.76. The largest absolute Gasteiger partial charge is 0.334 e. The number of fused-ring (bicyclic) bond motifs is 3. The third-order valence-corrected chi connectivity index (χ3v) is 22.3. The molecule has 7 aromatic carbocycles. The molecule has 1 fully saturated rings. The number of anilines is 8. The van der Waals surface area contributed by atoms with Gasteiger partial charge in [0.25, 0.3) is 6.71 Å². The Balaban J connectivity index is 1.23. The van der Waals surface area contributed by atoms with E-state index >= 15 is 0 Å². The Bertz CT molecular complexity index is 3240. The van der Waals surface area contributed by atoms with Crippen molar-refractivity contribution in [1.82, 2.24) is 0 Å². The number of rotatable bonds is 4. The standard InChI is InChI=1S/C68H78BN3Si/c1-63(2,3)45-25-29-49(30-26-45)70-54-37-47(65(7,8)9)39-58-61(54)69-60-56(70)41-51(72-53-33-24-44(43-22-18-17-19-23-43)36-52(53)67(13)34-20-21-35-68(67,72)14)42-57(60)71(50-31-27-46(28-32-50)64(4,5)6)55-38-48(66(10,11)12)40-59(62(55)69)73(58,15)16/h17-19,22-33,36-42H,20-21,34-35H2,1-16H3. The van der Waals surface area contributed by atoms with Gasteiger partial charge in [-0.25, -0.2) is 0 Å². The van der Waals surface area contributed by atoms with E-state index in [-0.39, 0.29) is 39.3 Å². The smallest absolute Gasteiger partial charge is 0.251 e. The first kappa shape index (κ1) is 48.2. The van der Waals surface area contributed by atoms with Crippen LogP contribution in [0.5, 0.6) is 0 Å². The van der Waals surface area contributed by atoms with Gasteiger partial charge in [-0.3, -0.25) is 0 Å². The summed E-state index contributed by atoms with van der Waals surface area (Å²) in [5, 5.41) is 3.19. The van der Waals surface area contributed by atoms with Gasteiger partial charge < -0.3 is 14.7 Å². The third-order valence-electron chi connectivity index (χ3n) is 18.8. The zero-order valence-corrected chi connectivity index (χ0v) is 47.9. The van der Waals surface area contributed by atoms with Crippen molar-refractivity contribution < 1.29 is 0 Å². The van der Waals surface area contributed by atoms with Crippen molar-refractivity contribution in [1.29, 1.82) is 0 Å². The molecule has 2 unspecified atom stereocenters. The Labute approximate surface area is 440 Å². The van der Waals surface area contributed by atoms with Gasteiger partial charge in [-0.1, -0.05) is 199 Å². The molecule has 0 amide bonds. The molecule has 4 aliphatic heterocycles. The van der Waals surface area contributed by atoms with E-state index < -0.39 is 8.07 Å². The van der Waals surface area contributed by atoms with Gasteiger partial charge in [0, 0.05) is 50.9 Å².